The van der Waals surface area contributed by atoms with Gasteiger partial charge in [-0.05, 0) is 43.5 Å². The maximum absolute atomic E-state index is 12.6. The summed E-state index contributed by atoms with van der Waals surface area (Å²) in [5.41, 5.74) is 1.04. The van der Waals surface area contributed by atoms with E-state index in [0.29, 0.717) is 0 Å². The van der Waals surface area contributed by atoms with Gasteiger partial charge in [-0.15, -0.1) is 0 Å². The van der Waals surface area contributed by atoms with Gasteiger partial charge < -0.3 is 9.47 Å². The van der Waals surface area contributed by atoms with Gasteiger partial charge in [0.05, 0.1) is 13.2 Å². The second kappa shape index (κ2) is 8.99. The van der Waals surface area contributed by atoms with Crippen LogP contribution in [0, 0.1) is 5.41 Å². The van der Waals surface area contributed by atoms with Gasteiger partial charge in [-0.25, -0.2) is 0 Å². The van der Waals surface area contributed by atoms with E-state index in [4.69, 9.17) is 9.47 Å². The SMILES string of the molecule is CCOC(=O)C(C)(C=C(c1ccccc1)c1ccccc1)C(=O)OCC. The molecule has 0 radical (unpaired) electrons. The van der Waals surface area contributed by atoms with Crippen molar-refractivity contribution in [3.63, 3.8) is 0 Å². The average Bonchev–Trinajstić information content (AvgIpc) is 2.67. The van der Waals surface area contributed by atoms with Crippen LogP contribution in [0.3, 0.4) is 0 Å². The van der Waals surface area contributed by atoms with Gasteiger partial charge in [0, 0.05) is 0 Å². The van der Waals surface area contributed by atoms with Crippen molar-refractivity contribution >= 4 is 17.5 Å². The number of carbonyl (C=O) groups is 2. The summed E-state index contributed by atoms with van der Waals surface area (Å²) in [5, 5.41) is 0. The minimum atomic E-state index is -1.53. The molecule has 4 heteroatoms. The van der Waals surface area contributed by atoms with Gasteiger partial charge in [0.25, 0.3) is 0 Å². The Bertz CT molecular complexity index is 704. The highest BCUT2D eigenvalue weighted by atomic mass is 16.6. The molecule has 136 valence electrons. The molecule has 0 aliphatic heterocycles. The minimum Gasteiger partial charge on any atom is -0.465 e. The Labute approximate surface area is 154 Å². The molecule has 26 heavy (non-hydrogen) atoms. The first-order chi connectivity index (χ1) is 12.5. The predicted octanol–water partition coefficient (Wildman–Crippen LogP) is 4.25. The molecule has 0 amide bonds. The number of ether oxygens (including phenoxy) is 2. The number of rotatable bonds is 7. The van der Waals surface area contributed by atoms with Crippen molar-refractivity contribution in [1.29, 1.82) is 0 Å². The first-order valence-corrected chi connectivity index (χ1v) is 8.71. The molecule has 2 rings (SSSR count). The zero-order chi connectivity index (χ0) is 19.0. The number of esters is 2. The third-order valence-electron chi connectivity index (χ3n) is 4.00. The van der Waals surface area contributed by atoms with E-state index >= 15 is 0 Å². The molecule has 0 aromatic heterocycles. The standard InChI is InChI=1S/C22H24O4/c1-4-25-20(23)22(3,21(24)26-5-2)16-19(17-12-8-6-9-13-17)18-14-10-7-11-15-18/h6-16H,4-5H2,1-3H3. The molecule has 0 aliphatic rings. The average molecular weight is 352 g/mol. The van der Waals surface area contributed by atoms with Crippen LogP contribution in [0.15, 0.2) is 66.7 Å². The van der Waals surface area contributed by atoms with Crippen LogP contribution in [0.5, 0.6) is 0 Å². The highest BCUT2D eigenvalue weighted by Crippen LogP contribution is 2.32. The van der Waals surface area contributed by atoms with Gasteiger partial charge in [0.1, 0.15) is 0 Å². The van der Waals surface area contributed by atoms with Gasteiger partial charge in [-0.1, -0.05) is 60.7 Å². The first kappa shape index (κ1) is 19.4. The van der Waals surface area contributed by atoms with Gasteiger partial charge >= 0.3 is 11.9 Å². The zero-order valence-electron chi connectivity index (χ0n) is 15.4. The lowest BCUT2D eigenvalue weighted by Crippen LogP contribution is -2.38. The Morgan fingerprint density at radius 3 is 1.54 bits per heavy atom. The predicted molar refractivity (Wildman–Crippen MR) is 101 cm³/mol. The van der Waals surface area contributed by atoms with Crippen LogP contribution < -0.4 is 0 Å². The molecule has 0 N–H and O–H groups in total. The van der Waals surface area contributed by atoms with Crippen LogP contribution in [-0.2, 0) is 19.1 Å². The van der Waals surface area contributed by atoms with Gasteiger partial charge in [0.2, 0.25) is 0 Å². The summed E-state index contributed by atoms with van der Waals surface area (Å²) in [6.07, 6.45) is 1.65. The first-order valence-electron chi connectivity index (χ1n) is 8.71. The van der Waals surface area contributed by atoms with Gasteiger partial charge in [-0.3, -0.25) is 9.59 Å². The second-order valence-corrected chi connectivity index (χ2v) is 5.93. The Morgan fingerprint density at radius 1 is 0.808 bits per heavy atom. The van der Waals surface area contributed by atoms with Crippen LogP contribution >= 0.6 is 0 Å². The third-order valence-corrected chi connectivity index (χ3v) is 4.00. The van der Waals surface area contributed by atoms with E-state index in [1.54, 1.807) is 19.9 Å². The smallest absolute Gasteiger partial charge is 0.327 e. The fraction of sp³-hybridized carbons (Fsp3) is 0.273. The maximum atomic E-state index is 12.6. The summed E-state index contributed by atoms with van der Waals surface area (Å²) in [7, 11) is 0. The van der Waals surface area contributed by atoms with E-state index < -0.39 is 17.4 Å². The van der Waals surface area contributed by atoms with E-state index in [-0.39, 0.29) is 13.2 Å². The summed E-state index contributed by atoms with van der Waals surface area (Å²) in [6, 6.07) is 19.3. The molecule has 0 bridgehead atoms. The van der Waals surface area contributed by atoms with E-state index in [2.05, 4.69) is 0 Å². The second-order valence-electron chi connectivity index (χ2n) is 5.93. The topological polar surface area (TPSA) is 52.6 Å². The van der Waals surface area contributed by atoms with Crippen LogP contribution in [-0.4, -0.2) is 25.2 Å². The van der Waals surface area contributed by atoms with E-state index in [1.807, 2.05) is 60.7 Å². The lowest BCUT2D eigenvalue weighted by molar-refractivity contribution is -0.166. The molecule has 0 fully saturated rings. The van der Waals surface area contributed by atoms with E-state index in [9.17, 15) is 9.59 Å². The molecule has 0 saturated carbocycles. The summed E-state index contributed by atoms with van der Waals surface area (Å²) >= 11 is 0. The maximum Gasteiger partial charge on any atom is 0.327 e. The fourth-order valence-corrected chi connectivity index (χ4v) is 2.62. The quantitative estimate of drug-likeness (QED) is 0.552. The molecule has 0 atom stereocenters. The van der Waals surface area contributed by atoms with E-state index in [0.717, 1.165) is 16.7 Å². The van der Waals surface area contributed by atoms with Crippen molar-refractivity contribution in [2.75, 3.05) is 13.2 Å². The van der Waals surface area contributed by atoms with Crippen molar-refractivity contribution in [1.82, 2.24) is 0 Å². The molecular weight excluding hydrogens is 328 g/mol. The Balaban J connectivity index is 2.63. The van der Waals surface area contributed by atoms with E-state index in [1.165, 1.54) is 6.92 Å². The molecule has 2 aromatic carbocycles. The van der Waals surface area contributed by atoms with Crippen LogP contribution in [0.25, 0.3) is 5.57 Å². The van der Waals surface area contributed by atoms with Crippen molar-refractivity contribution in [3.05, 3.63) is 77.9 Å². The molecule has 2 aromatic rings. The molecule has 0 unspecified atom stereocenters. The summed E-state index contributed by atoms with van der Waals surface area (Å²) in [4.78, 5) is 25.2. The Kier molecular flexibility index (Phi) is 6.73. The van der Waals surface area contributed by atoms with Gasteiger partial charge in [0.15, 0.2) is 5.41 Å². The molecule has 4 nitrogen and oxygen atoms in total. The highest BCUT2D eigenvalue weighted by molar-refractivity contribution is 6.04. The van der Waals surface area contributed by atoms with Crippen LogP contribution in [0.1, 0.15) is 31.9 Å². The molecule has 0 heterocycles. The Morgan fingerprint density at radius 2 is 1.19 bits per heavy atom. The number of benzene rings is 2. The van der Waals surface area contributed by atoms with Crippen molar-refractivity contribution in [2.24, 2.45) is 5.41 Å². The lowest BCUT2D eigenvalue weighted by Gasteiger charge is -2.23. The number of hydrogen-bond donors (Lipinski definition) is 0. The largest absolute Gasteiger partial charge is 0.465 e. The number of carbonyl (C=O) groups excluding carboxylic acids is 2. The summed E-state index contributed by atoms with van der Waals surface area (Å²) < 4.78 is 10.3. The monoisotopic (exact) mass is 352 g/mol. The molecule has 0 saturated heterocycles. The normalized spacial score (nSPS) is 10.7. The van der Waals surface area contributed by atoms with Crippen molar-refractivity contribution in [3.8, 4) is 0 Å². The van der Waals surface area contributed by atoms with Crippen LogP contribution in [0.2, 0.25) is 0 Å². The minimum absolute atomic E-state index is 0.188. The Hall–Kier alpha value is -2.88. The highest BCUT2D eigenvalue weighted by Gasteiger charge is 2.43. The fourth-order valence-electron chi connectivity index (χ4n) is 2.62. The zero-order valence-corrected chi connectivity index (χ0v) is 15.4. The molecular formula is C22H24O4. The third kappa shape index (κ3) is 4.39. The lowest BCUT2D eigenvalue weighted by atomic mass is 9.84. The molecule has 0 spiro atoms. The van der Waals surface area contributed by atoms with Crippen LogP contribution in [0.4, 0.5) is 0 Å². The molecule has 0 aliphatic carbocycles. The van der Waals surface area contributed by atoms with Crippen molar-refractivity contribution in [2.45, 2.75) is 20.8 Å². The number of hydrogen-bond acceptors (Lipinski definition) is 4. The van der Waals surface area contributed by atoms with Crippen molar-refractivity contribution < 1.29 is 19.1 Å². The van der Waals surface area contributed by atoms with Gasteiger partial charge in [-0.2, -0.15) is 0 Å². The summed E-state index contributed by atoms with van der Waals surface area (Å²) in [6.45, 7) is 5.33. The summed E-state index contributed by atoms with van der Waals surface area (Å²) in [5.74, 6) is -1.24.